The summed E-state index contributed by atoms with van der Waals surface area (Å²) in [6.07, 6.45) is 9.15. The van der Waals surface area contributed by atoms with Crippen molar-refractivity contribution in [2.24, 2.45) is 17.8 Å². The summed E-state index contributed by atoms with van der Waals surface area (Å²) >= 11 is 0. The van der Waals surface area contributed by atoms with Crippen LogP contribution in [-0.2, 0) is 4.74 Å². The van der Waals surface area contributed by atoms with Crippen molar-refractivity contribution in [3.63, 3.8) is 0 Å². The molecule has 0 radical (unpaired) electrons. The van der Waals surface area contributed by atoms with Crippen molar-refractivity contribution in [1.82, 2.24) is 20.0 Å². The number of morpholine rings is 1. The molecule has 1 amide bonds. The van der Waals surface area contributed by atoms with Crippen LogP contribution in [0.15, 0.2) is 24.4 Å². The maximum absolute atomic E-state index is 13.7. The fourth-order valence-electron chi connectivity index (χ4n) is 7.44. The third-order valence-electron chi connectivity index (χ3n) is 8.94. The van der Waals surface area contributed by atoms with Crippen LogP contribution < -0.4 is 10.1 Å². The Morgan fingerprint density at radius 1 is 1.11 bits per heavy atom. The molecular weight excluding hydrogens is 440 g/mol. The molecule has 1 aromatic heterocycles. The van der Waals surface area contributed by atoms with Crippen molar-refractivity contribution in [1.29, 1.82) is 0 Å². The summed E-state index contributed by atoms with van der Waals surface area (Å²) in [6.45, 7) is 8.86. The minimum atomic E-state index is -0.0434. The van der Waals surface area contributed by atoms with E-state index < -0.39 is 0 Å². The Labute approximate surface area is 208 Å². The Bertz CT molecular complexity index is 1050. The minimum absolute atomic E-state index is 0.0371. The van der Waals surface area contributed by atoms with Gasteiger partial charge in [-0.3, -0.25) is 9.69 Å². The third-order valence-corrected chi connectivity index (χ3v) is 8.94. The van der Waals surface area contributed by atoms with E-state index in [-0.39, 0.29) is 11.4 Å². The average Bonchev–Trinajstić information content (AvgIpc) is 3.24. The van der Waals surface area contributed by atoms with E-state index in [0.29, 0.717) is 18.1 Å². The fourth-order valence-corrected chi connectivity index (χ4v) is 7.44. The molecule has 5 fully saturated rings. The summed E-state index contributed by atoms with van der Waals surface area (Å²) < 4.78 is 13.6. The second-order valence-corrected chi connectivity index (χ2v) is 11.4. The highest BCUT2D eigenvalue weighted by atomic mass is 16.5. The van der Waals surface area contributed by atoms with Crippen molar-refractivity contribution >= 4 is 5.91 Å². The molecule has 0 unspecified atom stereocenters. The van der Waals surface area contributed by atoms with E-state index in [9.17, 15) is 4.79 Å². The molecule has 35 heavy (non-hydrogen) atoms. The second-order valence-electron chi connectivity index (χ2n) is 11.4. The molecule has 1 N–H and O–H groups in total. The lowest BCUT2D eigenvalue weighted by atomic mass is 9.53. The van der Waals surface area contributed by atoms with Gasteiger partial charge in [0.2, 0.25) is 5.88 Å². The van der Waals surface area contributed by atoms with Gasteiger partial charge in [-0.2, -0.15) is 5.10 Å². The first-order valence-corrected chi connectivity index (χ1v) is 13.4. The highest BCUT2D eigenvalue weighted by Crippen LogP contribution is 2.55. The van der Waals surface area contributed by atoms with Crippen LogP contribution in [0.25, 0.3) is 5.69 Å². The van der Waals surface area contributed by atoms with Gasteiger partial charge in [-0.05, 0) is 87.3 Å². The van der Waals surface area contributed by atoms with Crippen molar-refractivity contribution in [3.8, 4) is 11.6 Å². The van der Waals surface area contributed by atoms with Gasteiger partial charge < -0.3 is 14.8 Å². The predicted molar refractivity (Wildman–Crippen MR) is 134 cm³/mol. The molecule has 1 aliphatic heterocycles. The topological polar surface area (TPSA) is 68.6 Å². The Morgan fingerprint density at radius 2 is 1.80 bits per heavy atom. The molecule has 4 aliphatic carbocycles. The maximum Gasteiger partial charge on any atom is 0.258 e. The number of aromatic nitrogens is 2. The van der Waals surface area contributed by atoms with Gasteiger partial charge in [0, 0.05) is 25.2 Å². The Kier molecular flexibility index (Phi) is 6.09. The van der Waals surface area contributed by atoms with Crippen LogP contribution in [-0.4, -0.2) is 65.6 Å². The average molecular weight is 479 g/mol. The molecule has 7 nitrogen and oxygen atoms in total. The molecule has 4 bridgehead atoms. The van der Waals surface area contributed by atoms with Crippen LogP contribution in [0.5, 0.6) is 5.88 Å². The van der Waals surface area contributed by atoms with Gasteiger partial charge in [-0.1, -0.05) is 12.1 Å². The molecular formula is C28H38N4O3. The normalized spacial score (nSPS) is 29.9. The second kappa shape index (κ2) is 9.25. The molecule has 5 aliphatic rings. The number of nitrogens with zero attached hydrogens (tertiary/aromatic N) is 3. The third kappa shape index (κ3) is 4.49. The van der Waals surface area contributed by atoms with Gasteiger partial charge in [-0.15, -0.1) is 0 Å². The van der Waals surface area contributed by atoms with Crippen LogP contribution in [0, 0.1) is 31.6 Å². The number of nitrogens with one attached hydrogen (secondary N) is 1. The first kappa shape index (κ1) is 23.0. The zero-order chi connectivity index (χ0) is 24.0. The lowest BCUT2D eigenvalue weighted by Crippen LogP contribution is -2.59. The number of benzene rings is 1. The lowest BCUT2D eigenvalue weighted by molar-refractivity contribution is -0.0167. The Balaban J connectivity index is 1.26. The number of ether oxygens (including phenoxy) is 2. The highest BCUT2D eigenvalue weighted by molar-refractivity contribution is 5.97. The SMILES string of the molecule is Cc1cccc(-n2ncc(C(=O)NC34CC5CC(CC(C5)C3)C4)c2OCCN2CCOCC2)c1C. The van der Waals surface area contributed by atoms with E-state index in [0.717, 1.165) is 81.1 Å². The molecule has 2 aromatic rings. The number of carbonyl (C=O) groups excluding carboxylic acids is 1. The van der Waals surface area contributed by atoms with Gasteiger partial charge in [0.1, 0.15) is 12.2 Å². The van der Waals surface area contributed by atoms with Gasteiger partial charge in [0.05, 0.1) is 25.1 Å². The van der Waals surface area contributed by atoms with Crippen molar-refractivity contribution in [2.45, 2.75) is 57.9 Å². The Morgan fingerprint density at radius 3 is 2.49 bits per heavy atom. The zero-order valence-electron chi connectivity index (χ0n) is 21.1. The molecule has 7 heteroatoms. The van der Waals surface area contributed by atoms with Crippen LogP contribution in [0.4, 0.5) is 0 Å². The van der Waals surface area contributed by atoms with Crippen molar-refractivity contribution in [2.75, 3.05) is 39.5 Å². The summed E-state index contributed by atoms with van der Waals surface area (Å²) in [5, 5.41) is 8.18. The number of hydrogen-bond donors (Lipinski definition) is 1. The molecule has 4 saturated carbocycles. The van der Waals surface area contributed by atoms with Gasteiger partial charge >= 0.3 is 0 Å². The first-order valence-electron chi connectivity index (χ1n) is 13.4. The van der Waals surface area contributed by atoms with Crippen molar-refractivity contribution < 1.29 is 14.3 Å². The number of amides is 1. The number of carbonyl (C=O) groups is 1. The Hall–Kier alpha value is -2.38. The van der Waals surface area contributed by atoms with Gasteiger partial charge in [0.25, 0.3) is 5.91 Å². The monoisotopic (exact) mass is 478 g/mol. The van der Waals surface area contributed by atoms with E-state index in [1.807, 2.05) is 16.8 Å². The molecule has 0 spiro atoms. The largest absolute Gasteiger partial charge is 0.476 e. The molecule has 2 heterocycles. The van der Waals surface area contributed by atoms with E-state index in [1.165, 1.54) is 24.8 Å². The number of hydrogen-bond acceptors (Lipinski definition) is 5. The minimum Gasteiger partial charge on any atom is -0.476 e. The summed E-state index contributed by atoms with van der Waals surface area (Å²) in [5.41, 5.74) is 3.79. The van der Waals surface area contributed by atoms with Crippen molar-refractivity contribution in [3.05, 3.63) is 41.1 Å². The summed E-state index contributed by atoms with van der Waals surface area (Å²) in [6, 6.07) is 6.18. The zero-order valence-corrected chi connectivity index (χ0v) is 21.1. The molecule has 188 valence electrons. The van der Waals surface area contributed by atoms with E-state index in [4.69, 9.17) is 9.47 Å². The standard InChI is InChI=1S/C28H38N4O3/c1-19-4-3-5-25(20(19)2)32-27(35-11-8-31-6-9-34-10-7-31)24(18-29-32)26(33)30-28-15-21-12-22(16-28)14-23(13-21)17-28/h3-5,18,21-23H,6-17H2,1-2H3,(H,30,33). The molecule has 7 rings (SSSR count). The van der Waals surface area contributed by atoms with E-state index in [1.54, 1.807) is 6.20 Å². The number of rotatable bonds is 7. The maximum atomic E-state index is 13.7. The quantitative estimate of drug-likeness (QED) is 0.654. The van der Waals surface area contributed by atoms with Gasteiger partial charge in [-0.25, -0.2) is 4.68 Å². The fraction of sp³-hybridized carbons (Fsp3) is 0.643. The molecule has 1 saturated heterocycles. The first-order chi connectivity index (χ1) is 17.0. The highest BCUT2D eigenvalue weighted by Gasteiger charge is 2.51. The van der Waals surface area contributed by atoms with Gasteiger partial charge in [0.15, 0.2) is 0 Å². The van der Waals surface area contributed by atoms with E-state index >= 15 is 0 Å². The van der Waals surface area contributed by atoms with Crippen LogP contribution in [0.3, 0.4) is 0 Å². The molecule has 0 atom stereocenters. The smallest absolute Gasteiger partial charge is 0.258 e. The summed E-state index contributed by atoms with van der Waals surface area (Å²) in [7, 11) is 0. The predicted octanol–water partition coefficient (Wildman–Crippen LogP) is 3.90. The summed E-state index contributed by atoms with van der Waals surface area (Å²) in [4.78, 5) is 16.1. The van der Waals surface area contributed by atoms with Crippen LogP contribution in [0.1, 0.15) is 60.0 Å². The number of aryl methyl sites for hydroxylation is 1. The van der Waals surface area contributed by atoms with Crippen LogP contribution in [0.2, 0.25) is 0 Å². The molecule has 1 aromatic carbocycles. The summed E-state index contributed by atoms with van der Waals surface area (Å²) in [5.74, 6) is 2.86. The van der Waals surface area contributed by atoms with Crippen LogP contribution >= 0.6 is 0 Å². The lowest BCUT2D eigenvalue weighted by Gasteiger charge is -2.56. The van der Waals surface area contributed by atoms with E-state index in [2.05, 4.69) is 35.2 Å².